The van der Waals surface area contributed by atoms with Crippen LogP contribution in [0.2, 0.25) is 5.02 Å². The predicted molar refractivity (Wildman–Crippen MR) is 75.7 cm³/mol. The molecular formula is C14H21ClN2. The number of halogens is 1. The van der Waals surface area contributed by atoms with Crippen LogP contribution in [0.5, 0.6) is 0 Å². The molecule has 0 aromatic heterocycles. The summed E-state index contributed by atoms with van der Waals surface area (Å²) < 4.78 is 0. The van der Waals surface area contributed by atoms with E-state index in [1.807, 2.05) is 18.2 Å². The van der Waals surface area contributed by atoms with Crippen molar-refractivity contribution >= 4 is 23.0 Å². The van der Waals surface area contributed by atoms with Crippen LogP contribution in [0.15, 0.2) is 18.2 Å². The van der Waals surface area contributed by atoms with Gasteiger partial charge in [-0.15, -0.1) is 0 Å². The summed E-state index contributed by atoms with van der Waals surface area (Å²) in [5, 5.41) is 0.755. The van der Waals surface area contributed by atoms with Crippen molar-refractivity contribution in [3.8, 4) is 0 Å². The van der Waals surface area contributed by atoms with Crippen molar-refractivity contribution in [2.24, 2.45) is 5.92 Å². The summed E-state index contributed by atoms with van der Waals surface area (Å²) in [5.74, 6) is 0.805. The smallest absolute Gasteiger partial charge is 0.0789 e. The van der Waals surface area contributed by atoms with Gasteiger partial charge in [-0.1, -0.05) is 37.4 Å². The van der Waals surface area contributed by atoms with Crippen molar-refractivity contribution in [1.29, 1.82) is 0 Å². The molecule has 94 valence electrons. The number of nitrogens with zero attached hydrogens (tertiary/aromatic N) is 1. The monoisotopic (exact) mass is 252 g/mol. The van der Waals surface area contributed by atoms with Gasteiger partial charge < -0.3 is 10.6 Å². The number of anilines is 2. The van der Waals surface area contributed by atoms with Crippen LogP contribution in [0.3, 0.4) is 0 Å². The Bertz CT molecular complexity index is 372. The molecule has 0 amide bonds. The standard InChI is InChI=1S/C14H21ClN2/c1-10-5-3-6-11(9-10)17(2)14-12(15)7-4-8-13(14)16/h4,7-8,10-11H,3,5-6,9,16H2,1-2H3. The van der Waals surface area contributed by atoms with Crippen molar-refractivity contribution in [2.75, 3.05) is 17.7 Å². The fourth-order valence-electron chi connectivity index (χ4n) is 2.84. The molecule has 1 aromatic carbocycles. The van der Waals surface area contributed by atoms with Gasteiger partial charge in [0.1, 0.15) is 0 Å². The lowest BCUT2D eigenvalue weighted by molar-refractivity contribution is 0.336. The molecule has 1 saturated carbocycles. The van der Waals surface area contributed by atoms with Crippen molar-refractivity contribution in [3.63, 3.8) is 0 Å². The minimum absolute atomic E-state index is 0.570. The van der Waals surface area contributed by atoms with Crippen molar-refractivity contribution in [1.82, 2.24) is 0 Å². The molecular weight excluding hydrogens is 232 g/mol. The number of para-hydroxylation sites is 1. The lowest BCUT2D eigenvalue weighted by Gasteiger charge is -2.36. The molecule has 2 unspecified atom stereocenters. The SMILES string of the molecule is CC1CCCC(N(C)c2c(N)cccc2Cl)C1. The molecule has 0 bridgehead atoms. The zero-order valence-corrected chi connectivity index (χ0v) is 11.4. The molecule has 0 radical (unpaired) electrons. The van der Waals surface area contributed by atoms with Gasteiger partial charge in [-0.25, -0.2) is 0 Å². The van der Waals surface area contributed by atoms with Gasteiger partial charge in [0.2, 0.25) is 0 Å². The summed E-state index contributed by atoms with van der Waals surface area (Å²) in [5.41, 5.74) is 7.81. The maximum atomic E-state index is 6.26. The van der Waals surface area contributed by atoms with Crippen molar-refractivity contribution < 1.29 is 0 Å². The molecule has 2 nitrogen and oxygen atoms in total. The highest BCUT2D eigenvalue weighted by molar-refractivity contribution is 6.34. The quantitative estimate of drug-likeness (QED) is 0.808. The molecule has 17 heavy (non-hydrogen) atoms. The lowest BCUT2D eigenvalue weighted by atomic mass is 9.86. The Morgan fingerprint density at radius 2 is 2.12 bits per heavy atom. The van der Waals surface area contributed by atoms with Gasteiger partial charge in [0.05, 0.1) is 16.4 Å². The Labute approximate surface area is 109 Å². The van der Waals surface area contributed by atoms with Gasteiger partial charge in [0.15, 0.2) is 0 Å². The maximum Gasteiger partial charge on any atom is 0.0789 e. The fraction of sp³-hybridized carbons (Fsp3) is 0.571. The zero-order valence-electron chi connectivity index (χ0n) is 10.6. The minimum Gasteiger partial charge on any atom is -0.397 e. The number of hydrogen-bond acceptors (Lipinski definition) is 2. The molecule has 1 aliphatic carbocycles. The summed E-state index contributed by atoms with van der Waals surface area (Å²) >= 11 is 6.26. The van der Waals surface area contributed by atoms with Gasteiger partial charge in [-0.2, -0.15) is 0 Å². The Balaban J connectivity index is 2.21. The van der Waals surface area contributed by atoms with E-state index >= 15 is 0 Å². The highest BCUT2D eigenvalue weighted by atomic mass is 35.5. The van der Waals surface area contributed by atoms with Crippen LogP contribution >= 0.6 is 11.6 Å². The molecule has 0 spiro atoms. The Morgan fingerprint density at radius 3 is 2.76 bits per heavy atom. The molecule has 1 fully saturated rings. The average molecular weight is 253 g/mol. The van der Waals surface area contributed by atoms with E-state index in [1.54, 1.807) is 0 Å². The van der Waals surface area contributed by atoms with E-state index in [4.69, 9.17) is 17.3 Å². The summed E-state index contributed by atoms with van der Waals surface area (Å²) in [7, 11) is 2.11. The van der Waals surface area contributed by atoms with E-state index in [0.717, 1.165) is 22.3 Å². The first-order chi connectivity index (χ1) is 8.09. The lowest BCUT2D eigenvalue weighted by Crippen LogP contribution is -2.36. The van der Waals surface area contributed by atoms with Crippen LogP contribution in [-0.2, 0) is 0 Å². The normalized spacial score (nSPS) is 24.6. The van der Waals surface area contributed by atoms with Crippen LogP contribution in [0, 0.1) is 5.92 Å². The molecule has 0 saturated heterocycles. The second kappa shape index (κ2) is 5.18. The van der Waals surface area contributed by atoms with Gasteiger partial charge in [-0.05, 0) is 30.9 Å². The molecule has 0 aliphatic heterocycles. The summed E-state index contributed by atoms with van der Waals surface area (Å²) in [4.78, 5) is 2.27. The van der Waals surface area contributed by atoms with Crippen LogP contribution in [0.1, 0.15) is 32.6 Å². The van der Waals surface area contributed by atoms with E-state index in [1.165, 1.54) is 25.7 Å². The van der Waals surface area contributed by atoms with Gasteiger partial charge in [0.25, 0.3) is 0 Å². The first kappa shape index (κ1) is 12.6. The second-order valence-electron chi connectivity index (χ2n) is 5.21. The minimum atomic E-state index is 0.570. The molecule has 1 aromatic rings. The molecule has 3 heteroatoms. The number of benzene rings is 1. The third-order valence-corrected chi connectivity index (χ3v) is 4.13. The highest BCUT2D eigenvalue weighted by Crippen LogP contribution is 2.36. The van der Waals surface area contributed by atoms with Gasteiger partial charge >= 0.3 is 0 Å². The molecule has 2 N–H and O–H groups in total. The summed E-state index contributed by atoms with van der Waals surface area (Å²) in [6.07, 6.45) is 5.13. The molecule has 0 heterocycles. The van der Waals surface area contributed by atoms with Crippen LogP contribution < -0.4 is 10.6 Å². The van der Waals surface area contributed by atoms with E-state index in [-0.39, 0.29) is 0 Å². The van der Waals surface area contributed by atoms with Crippen LogP contribution in [-0.4, -0.2) is 13.1 Å². The van der Waals surface area contributed by atoms with E-state index in [2.05, 4.69) is 18.9 Å². The summed E-state index contributed by atoms with van der Waals surface area (Å²) in [6, 6.07) is 6.30. The average Bonchev–Trinajstić information content (AvgIpc) is 2.28. The maximum absolute atomic E-state index is 6.26. The van der Waals surface area contributed by atoms with E-state index in [9.17, 15) is 0 Å². The topological polar surface area (TPSA) is 29.3 Å². The molecule has 1 aliphatic rings. The third kappa shape index (κ3) is 2.68. The van der Waals surface area contributed by atoms with Gasteiger partial charge in [0, 0.05) is 13.1 Å². The molecule has 2 atom stereocenters. The number of nitrogens with two attached hydrogens (primary N) is 1. The molecule has 2 rings (SSSR count). The number of rotatable bonds is 2. The van der Waals surface area contributed by atoms with Crippen molar-refractivity contribution in [2.45, 2.75) is 38.6 Å². The number of hydrogen-bond donors (Lipinski definition) is 1. The van der Waals surface area contributed by atoms with E-state index < -0.39 is 0 Å². The third-order valence-electron chi connectivity index (χ3n) is 3.83. The first-order valence-electron chi connectivity index (χ1n) is 6.36. The Morgan fingerprint density at radius 1 is 1.35 bits per heavy atom. The Kier molecular flexibility index (Phi) is 3.82. The second-order valence-corrected chi connectivity index (χ2v) is 5.62. The number of nitrogen functional groups attached to an aromatic ring is 1. The van der Waals surface area contributed by atoms with Crippen LogP contribution in [0.25, 0.3) is 0 Å². The van der Waals surface area contributed by atoms with E-state index in [0.29, 0.717) is 6.04 Å². The first-order valence-corrected chi connectivity index (χ1v) is 6.74. The predicted octanol–water partition coefficient (Wildman–Crippen LogP) is 3.94. The highest BCUT2D eigenvalue weighted by Gasteiger charge is 2.24. The Hall–Kier alpha value is -0.890. The zero-order chi connectivity index (χ0) is 12.4. The van der Waals surface area contributed by atoms with Crippen molar-refractivity contribution in [3.05, 3.63) is 23.2 Å². The van der Waals surface area contributed by atoms with Crippen LogP contribution in [0.4, 0.5) is 11.4 Å². The fourth-order valence-corrected chi connectivity index (χ4v) is 3.16. The largest absolute Gasteiger partial charge is 0.397 e. The summed E-state index contributed by atoms with van der Waals surface area (Å²) in [6.45, 7) is 2.33. The van der Waals surface area contributed by atoms with Gasteiger partial charge in [-0.3, -0.25) is 0 Å².